The second-order valence-corrected chi connectivity index (χ2v) is 9.65. The van der Waals surface area contributed by atoms with Crippen LogP contribution in [0.15, 0.2) is 83.8 Å². The third-order valence-electron chi connectivity index (χ3n) is 5.63. The lowest BCUT2D eigenvalue weighted by atomic mass is 9.94. The van der Waals surface area contributed by atoms with Gasteiger partial charge in [0.05, 0.1) is 24.2 Å². The van der Waals surface area contributed by atoms with Gasteiger partial charge in [-0.1, -0.05) is 54.6 Å². The van der Waals surface area contributed by atoms with Gasteiger partial charge in [0.25, 0.3) is 5.91 Å². The summed E-state index contributed by atoms with van der Waals surface area (Å²) in [5.74, 6) is -0.266. The first kappa shape index (κ1) is 22.2. The van der Waals surface area contributed by atoms with Crippen LogP contribution in [0.2, 0.25) is 0 Å². The summed E-state index contributed by atoms with van der Waals surface area (Å²) in [5.41, 5.74) is 3.47. The highest BCUT2D eigenvalue weighted by Gasteiger charge is 2.26. The van der Waals surface area contributed by atoms with E-state index in [0.717, 1.165) is 16.7 Å². The molecule has 32 heavy (non-hydrogen) atoms. The summed E-state index contributed by atoms with van der Waals surface area (Å²) in [6.45, 7) is 3.46. The minimum Gasteiger partial charge on any atom is -0.379 e. The Morgan fingerprint density at radius 2 is 1.53 bits per heavy atom. The lowest BCUT2D eigenvalue weighted by molar-refractivity contribution is 0.0730. The van der Waals surface area contributed by atoms with Crippen LogP contribution in [0.3, 0.4) is 0 Å². The number of sulfonamides is 1. The van der Waals surface area contributed by atoms with Crippen LogP contribution in [0.5, 0.6) is 0 Å². The Labute approximate surface area is 188 Å². The Bertz CT molecular complexity index is 1170. The van der Waals surface area contributed by atoms with E-state index in [9.17, 15) is 13.2 Å². The zero-order chi connectivity index (χ0) is 22.6. The summed E-state index contributed by atoms with van der Waals surface area (Å²) in [6, 6.07) is 23.5. The van der Waals surface area contributed by atoms with Crippen molar-refractivity contribution in [2.75, 3.05) is 26.3 Å². The highest BCUT2D eigenvalue weighted by atomic mass is 32.2. The molecule has 0 spiro atoms. The Morgan fingerprint density at radius 1 is 0.906 bits per heavy atom. The molecule has 0 unspecified atom stereocenters. The fourth-order valence-electron chi connectivity index (χ4n) is 3.83. The van der Waals surface area contributed by atoms with Crippen LogP contribution in [-0.2, 0) is 14.8 Å². The number of nitrogens with zero attached hydrogens (tertiary/aromatic N) is 1. The first-order chi connectivity index (χ1) is 15.5. The van der Waals surface area contributed by atoms with Gasteiger partial charge in [-0.25, -0.2) is 8.42 Å². The first-order valence-corrected chi connectivity index (χ1v) is 12.0. The van der Waals surface area contributed by atoms with E-state index < -0.39 is 10.0 Å². The molecule has 0 bridgehead atoms. The average Bonchev–Trinajstić information content (AvgIpc) is 2.84. The summed E-state index contributed by atoms with van der Waals surface area (Å²) in [6.07, 6.45) is 0. The normalized spacial score (nSPS) is 15.8. The summed E-state index contributed by atoms with van der Waals surface area (Å²) >= 11 is 0. The van der Waals surface area contributed by atoms with E-state index >= 15 is 0 Å². The van der Waals surface area contributed by atoms with Crippen molar-refractivity contribution < 1.29 is 17.9 Å². The third-order valence-corrected chi connectivity index (χ3v) is 7.55. The van der Waals surface area contributed by atoms with Crippen LogP contribution >= 0.6 is 0 Å². The molecule has 1 heterocycles. The Balaban J connectivity index is 1.57. The lowest BCUT2D eigenvalue weighted by Gasteiger charge is -2.26. The summed E-state index contributed by atoms with van der Waals surface area (Å²) in [4.78, 5) is 13.3. The lowest BCUT2D eigenvalue weighted by Crippen LogP contribution is -2.40. The van der Waals surface area contributed by atoms with Gasteiger partial charge < -0.3 is 10.1 Å². The molecule has 1 N–H and O–H groups in total. The van der Waals surface area contributed by atoms with Crippen molar-refractivity contribution in [2.45, 2.75) is 17.9 Å². The molecule has 0 aromatic heterocycles. The van der Waals surface area contributed by atoms with Gasteiger partial charge in [-0.15, -0.1) is 0 Å². The molecule has 3 aromatic rings. The van der Waals surface area contributed by atoms with E-state index in [0.29, 0.717) is 31.9 Å². The van der Waals surface area contributed by atoms with Gasteiger partial charge in [0.2, 0.25) is 10.0 Å². The molecule has 0 saturated carbocycles. The van der Waals surface area contributed by atoms with E-state index in [1.165, 1.54) is 16.4 Å². The highest BCUT2D eigenvalue weighted by Crippen LogP contribution is 2.25. The van der Waals surface area contributed by atoms with Crippen LogP contribution in [0.1, 0.15) is 33.1 Å². The molecule has 1 aliphatic heterocycles. The number of ether oxygens (including phenoxy) is 1. The van der Waals surface area contributed by atoms with Gasteiger partial charge in [-0.2, -0.15) is 4.31 Å². The second-order valence-electron chi connectivity index (χ2n) is 7.71. The van der Waals surface area contributed by atoms with Crippen LogP contribution in [0, 0.1) is 6.92 Å². The standard InChI is InChI=1S/C25H26N2O4S/c1-19-7-5-6-10-23(19)24(20-8-3-2-4-9-20)26-25(28)21-11-13-22(14-12-21)32(29,30)27-15-17-31-18-16-27/h2-14,24H,15-18H2,1H3,(H,26,28)/t24-/m0/s1. The maximum Gasteiger partial charge on any atom is 0.252 e. The van der Waals surface area contributed by atoms with Crippen molar-refractivity contribution in [3.05, 3.63) is 101 Å². The van der Waals surface area contributed by atoms with Crippen LogP contribution in [0.4, 0.5) is 0 Å². The van der Waals surface area contributed by atoms with Gasteiger partial charge in [-0.05, 0) is 47.9 Å². The molecule has 1 amide bonds. The Kier molecular flexibility index (Phi) is 6.69. The molecule has 1 saturated heterocycles. The molecule has 1 atom stereocenters. The van der Waals surface area contributed by atoms with E-state index in [2.05, 4.69) is 5.32 Å². The topological polar surface area (TPSA) is 75.7 Å². The van der Waals surface area contributed by atoms with Crippen LogP contribution < -0.4 is 5.32 Å². The van der Waals surface area contributed by atoms with E-state index in [-0.39, 0.29) is 16.8 Å². The van der Waals surface area contributed by atoms with E-state index in [1.807, 2.05) is 61.5 Å². The zero-order valence-electron chi connectivity index (χ0n) is 17.9. The number of carbonyl (C=O) groups excluding carboxylic acids is 1. The van der Waals surface area contributed by atoms with Crippen molar-refractivity contribution >= 4 is 15.9 Å². The van der Waals surface area contributed by atoms with Crippen LogP contribution in [-0.4, -0.2) is 44.9 Å². The minimum absolute atomic E-state index is 0.175. The Morgan fingerprint density at radius 3 is 2.19 bits per heavy atom. The number of carbonyl (C=O) groups is 1. The quantitative estimate of drug-likeness (QED) is 0.623. The molecule has 0 radical (unpaired) electrons. The monoisotopic (exact) mass is 450 g/mol. The molecule has 1 aliphatic rings. The molecule has 3 aromatic carbocycles. The fourth-order valence-corrected chi connectivity index (χ4v) is 5.23. The molecule has 6 nitrogen and oxygen atoms in total. The van der Waals surface area contributed by atoms with Gasteiger partial charge in [-0.3, -0.25) is 4.79 Å². The van der Waals surface area contributed by atoms with E-state index in [1.54, 1.807) is 12.1 Å². The van der Waals surface area contributed by atoms with Crippen molar-refractivity contribution in [1.29, 1.82) is 0 Å². The zero-order valence-corrected chi connectivity index (χ0v) is 18.7. The van der Waals surface area contributed by atoms with Crippen molar-refractivity contribution in [3.63, 3.8) is 0 Å². The summed E-state index contributed by atoms with van der Waals surface area (Å²) < 4.78 is 32.3. The van der Waals surface area contributed by atoms with Gasteiger partial charge >= 0.3 is 0 Å². The largest absolute Gasteiger partial charge is 0.379 e. The fraction of sp³-hybridized carbons (Fsp3) is 0.240. The number of rotatable bonds is 6. The smallest absolute Gasteiger partial charge is 0.252 e. The third kappa shape index (κ3) is 4.75. The van der Waals surface area contributed by atoms with E-state index in [4.69, 9.17) is 4.74 Å². The minimum atomic E-state index is -3.60. The molecule has 4 rings (SSSR count). The molecular formula is C25H26N2O4S. The summed E-state index contributed by atoms with van der Waals surface area (Å²) in [5, 5.41) is 3.11. The number of hydrogen-bond acceptors (Lipinski definition) is 4. The SMILES string of the molecule is Cc1ccccc1[C@@H](NC(=O)c1ccc(S(=O)(=O)N2CCOCC2)cc1)c1ccccc1. The van der Waals surface area contributed by atoms with Crippen LogP contribution in [0.25, 0.3) is 0 Å². The predicted molar refractivity (Wildman–Crippen MR) is 123 cm³/mol. The second kappa shape index (κ2) is 9.65. The van der Waals surface area contributed by atoms with Gasteiger partial charge in [0.1, 0.15) is 0 Å². The maximum atomic E-state index is 13.1. The number of morpholine rings is 1. The number of benzene rings is 3. The molecular weight excluding hydrogens is 424 g/mol. The average molecular weight is 451 g/mol. The molecule has 166 valence electrons. The number of hydrogen-bond donors (Lipinski definition) is 1. The number of nitrogens with one attached hydrogen (secondary N) is 1. The van der Waals surface area contributed by atoms with Crippen molar-refractivity contribution in [3.8, 4) is 0 Å². The maximum absolute atomic E-state index is 13.1. The predicted octanol–water partition coefficient (Wildman–Crippen LogP) is 3.54. The number of amides is 1. The molecule has 0 aliphatic carbocycles. The highest BCUT2D eigenvalue weighted by molar-refractivity contribution is 7.89. The summed E-state index contributed by atoms with van der Waals surface area (Å²) in [7, 11) is -3.60. The molecule has 1 fully saturated rings. The van der Waals surface area contributed by atoms with Gasteiger partial charge in [0.15, 0.2) is 0 Å². The van der Waals surface area contributed by atoms with Crippen molar-refractivity contribution in [2.24, 2.45) is 0 Å². The first-order valence-electron chi connectivity index (χ1n) is 10.6. The van der Waals surface area contributed by atoms with Gasteiger partial charge in [0, 0.05) is 18.7 Å². The Hall–Kier alpha value is -3.00. The number of aryl methyl sites for hydroxylation is 1. The van der Waals surface area contributed by atoms with Crippen molar-refractivity contribution in [1.82, 2.24) is 9.62 Å². The molecule has 7 heteroatoms.